The van der Waals surface area contributed by atoms with Crippen LogP contribution < -0.4 is 0 Å². The molecule has 2 rings (SSSR count). The smallest absolute Gasteiger partial charge is 0.416 e. The second-order valence-corrected chi connectivity index (χ2v) is 5.76. The van der Waals surface area contributed by atoms with E-state index in [9.17, 15) is 22.8 Å². The van der Waals surface area contributed by atoms with E-state index in [0.29, 0.717) is 12.1 Å². The van der Waals surface area contributed by atoms with Crippen LogP contribution in [-0.4, -0.2) is 28.4 Å². The molecule has 0 fully saturated rings. The van der Waals surface area contributed by atoms with Gasteiger partial charge in [0.2, 0.25) is 0 Å². The van der Waals surface area contributed by atoms with Gasteiger partial charge in [-0.15, -0.1) is 0 Å². The van der Waals surface area contributed by atoms with Gasteiger partial charge in [0.15, 0.2) is 0 Å². The molecule has 0 aromatic heterocycles. The molecule has 0 bridgehead atoms. The van der Waals surface area contributed by atoms with Gasteiger partial charge in [0.1, 0.15) is 0 Å². The van der Waals surface area contributed by atoms with Gasteiger partial charge in [0, 0.05) is 12.1 Å². The number of amides is 1. The van der Waals surface area contributed by atoms with Crippen LogP contribution in [0.3, 0.4) is 0 Å². The number of nitrogens with zero attached hydrogens (tertiary/aromatic N) is 1. The zero-order valence-electron chi connectivity index (χ0n) is 12.1. The Balaban J connectivity index is 2.46. The van der Waals surface area contributed by atoms with Crippen LogP contribution in [0.5, 0.6) is 0 Å². The van der Waals surface area contributed by atoms with Crippen molar-refractivity contribution in [1.82, 2.24) is 4.90 Å². The third-order valence-electron chi connectivity index (χ3n) is 3.54. The molecule has 1 aliphatic rings. The van der Waals surface area contributed by atoms with E-state index in [1.165, 1.54) is 11.0 Å². The molecule has 120 valence electrons. The van der Waals surface area contributed by atoms with E-state index in [4.69, 9.17) is 5.11 Å². The SMILES string of the molecule is CC(C)CN1C(=O)c2cc(C(F)(F)F)ccc2C1CC(=O)O. The van der Waals surface area contributed by atoms with E-state index in [1.807, 2.05) is 13.8 Å². The quantitative estimate of drug-likeness (QED) is 0.927. The zero-order valence-corrected chi connectivity index (χ0v) is 12.1. The molecule has 1 amide bonds. The van der Waals surface area contributed by atoms with Gasteiger partial charge >= 0.3 is 12.1 Å². The molecule has 1 unspecified atom stereocenters. The lowest BCUT2D eigenvalue weighted by Crippen LogP contribution is -2.32. The van der Waals surface area contributed by atoms with Crippen molar-refractivity contribution in [3.63, 3.8) is 0 Å². The van der Waals surface area contributed by atoms with Gasteiger partial charge in [-0.2, -0.15) is 13.2 Å². The van der Waals surface area contributed by atoms with Crippen molar-refractivity contribution in [3.05, 3.63) is 34.9 Å². The minimum Gasteiger partial charge on any atom is -0.481 e. The van der Waals surface area contributed by atoms with Gasteiger partial charge in [-0.05, 0) is 23.6 Å². The van der Waals surface area contributed by atoms with Crippen molar-refractivity contribution in [1.29, 1.82) is 0 Å². The minimum absolute atomic E-state index is 0.0540. The maximum absolute atomic E-state index is 12.8. The largest absolute Gasteiger partial charge is 0.481 e. The van der Waals surface area contributed by atoms with Gasteiger partial charge in [0.05, 0.1) is 18.0 Å². The van der Waals surface area contributed by atoms with Gasteiger partial charge < -0.3 is 10.0 Å². The number of fused-ring (bicyclic) bond motifs is 1. The number of carboxylic acids is 1. The highest BCUT2D eigenvalue weighted by Gasteiger charge is 2.40. The lowest BCUT2D eigenvalue weighted by atomic mass is 9.99. The fourth-order valence-corrected chi connectivity index (χ4v) is 2.66. The van der Waals surface area contributed by atoms with Gasteiger partial charge in [-0.25, -0.2) is 0 Å². The van der Waals surface area contributed by atoms with Gasteiger partial charge in [-0.3, -0.25) is 9.59 Å². The summed E-state index contributed by atoms with van der Waals surface area (Å²) in [6.45, 7) is 4.01. The van der Waals surface area contributed by atoms with Crippen molar-refractivity contribution in [2.24, 2.45) is 5.92 Å². The minimum atomic E-state index is -4.54. The van der Waals surface area contributed by atoms with Crippen molar-refractivity contribution in [2.75, 3.05) is 6.54 Å². The lowest BCUT2D eigenvalue weighted by Gasteiger charge is -2.25. The number of aliphatic carboxylic acids is 1. The molecule has 4 nitrogen and oxygen atoms in total. The van der Waals surface area contributed by atoms with Crippen molar-refractivity contribution < 1.29 is 27.9 Å². The average molecular weight is 315 g/mol. The van der Waals surface area contributed by atoms with Crippen LogP contribution in [0.2, 0.25) is 0 Å². The zero-order chi connectivity index (χ0) is 16.7. The standard InChI is InChI=1S/C15H16F3NO3/c1-8(2)7-19-12(6-13(20)21)10-4-3-9(15(16,17)18)5-11(10)14(19)22/h3-5,8,12H,6-7H2,1-2H3,(H,20,21). The molecule has 1 aromatic carbocycles. The predicted octanol–water partition coefficient (Wildman–Crippen LogP) is 3.33. The second-order valence-electron chi connectivity index (χ2n) is 5.76. The summed E-state index contributed by atoms with van der Waals surface area (Å²) in [4.78, 5) is 24.7. The Bertz CT molecular complexity index is 611. The van der Waals surface area contributed by atoms with E-state index >= 15 is 0 Å². The summed E-state index contributed by atoms with van der Waals surface area (Å²) in [7, 11) is 0. The highest BCUT2D eigenvalue weighted by atomic mass is 19.4. The summed E-state index contributed by atoms with van der Waals surface area (Å²) in [6.07, 6.45) is -4.86. The predicted molar refractivity (Wildman–Crippen MR) is 72.3 cm³/mol. The summed E-state index contributed by atoms with van der Waals surface area (Å²) in [5, 5.41) is 9.00. The van der Waals surface area contributed by atoms with Gasteiger partial charge in [-0.1, -0.05) is 19.9 Å². The molecule has 0 saturated carbocycles. The van der Waals surface area contributed by atoms with E-state index in [2.05, 4.69) is 0 Å². The first-order chi connectivity index (χ1) is 10.1. The lowest BCUT2D eigenvalue weighted by molar-refractivity contribution is -0.139. The highest BCUT2D eigenvalue weighted by Crippen LogP contribution is 2.39. The molecule has 1 aliphatic heterocycles. The van der Waals surface area contributed by atoms with Gasteiger partial charge in [0.25, 0.3) is 5.91 Å². The highest BCUT2D eigenvalue weighted by molar-refractivity contribution is 6.00. The van der Waals surface area contributed by atoms with Crippen molar-refractivity contribution >= 4 is 11.9 Å². The third-order valence-corrected chi connectivity index (χ3v) is 3.54. The number of carbonyl (C=O) groups is 2. The topological polar surface area (TPSA) is 57.6 Å². The first-order valence-corrected chi connectivity index (χ1v) is 6.85. The maximum atomic E-state index is 12.8. The van der Waals surface area contributed by atoms with E-state index in [1.54, 1.807) is 0 Å². The molecule has 0 spiro atoms. The van der Waals surface area contributed by atoms with Crippen molar-refractivity contribution in [3.8, 4) is 0 Å². The molecule has 22 heavy (non-hydrogen) atoms. The van der Waals surface area contributed by atoms with E-state index < -0.39 is 29.7 Å². The van der Waals surface area contributed by atoms with Crippen LogP contribution in [0.1, 0.15) is 47.8 Å². The molecule has 1 atom stereocenters. The summed E-state index contributed by atoms with van der Waals surface area (Å²) >= 11 is 0. The Morgan fingerprint density at radius 3 is 2.50 bits per heavy atom. The Morgan fingerprint density at radius 1 is 1.36 bits per heavy atom. The summed E-state index contributed by atoms with van der Waals surface area (Å²) in [5.41, 5.74) is -0.608. The van der Waals surface area contributed by atoms with Crippen LogP contribution in [0.25, 0.3) is 0 Å². The number of alkyl halides is 3. The molecule has 1 heterocycles. The van der Waals surface area contributed by atoms with Crippen molar-refractivity contribution in [2.45, 2.75) is 32.5 Å². The molecule has 0 radical (unpaired) electrons. The normalized spacial score (nSPS) is 18.0. The number of rotatable bonds is 4. The molecular weight excluding hydrogens is 299 g/mol. The first kappa shape index (κ1) is 16.3. The van der Waals surface area contributed by atoms with Crippen LogP contribution in [0.4, 0.5) is 13.2 Å². The Morgan fingerprint density at radius 2 is 2.00 bits per heavy atom. The first-order valence-electron chi connectivity index (χ1n) is 6.85. The van der Waals surface area contributed by atoms with E-state index in [0.717, 1.165) is 12.1 Å². The molecular formula is C15H16F3NO3. The number of carbonyl (C=O) groups excluding carboxylic acids is 1. The summed E-state index contributed by atoms with van der Waals surface area (Å²) < 4.78 is 38.3. The molecule has 1 aromatic rings. The number of halogens is 3. The number of hydrogen-bond donors (Lipinski definition) is 1. The van der Waals surface area contributed by atoms with Crippen LogP contribution in [-0.2, 0) is 11.0 Å². The summed E-state index contributed by atoms with van der Waals surface area (Å²) in [5.74, 6) is -1.56. The molecule has 7 heteroatoms. The number of hydrogen-bond acceptors (Lipinski definition) is 2. The Kier molecular flexibility index (Phi) is 4.17. The maximum Gasteiger partial charge on any atom is 0.416 e. The fourth-order valence-electron chi connectivity index (χ4n) is 2.66. The Hall–Kier alpha value is -2.05. The molecule has 0 saturated heterocycles. The molecule has 0 aliphatic carbocycles. The average Bonchev–Trinajstić information content (AvgIpc) is 2.62. The number of carboxylic acid groups (broad SMARTS) is 1. The number of benzene rings is 1. The summed E-state index contributed by atoms with van der Waals surface area (Å²) in [6, 6.07) is 2.20. The molecule has 1 N–H and O–H groups in total. The third kappa shape index (κ3) is 3.08. The van der Waals surface area contributed by atoms with Crippen LogP contribution in [0, 0.1) is 5.92 Å². The Labute approximate surface area is 125 Å². The van der Waals surface area contributed by atoms with Crippen LogP contribution in [0.15, 0.2) is 18.2 Å². The van der Waals surface area contributed by atoms with Crippen LogP contribution >= 0.6 is 0 Å². The fraction of sp³-hybridized carbons (Fsp3) is 0.467. The second kappa shape index (κ2) is 5.62. The monoisotopic (exact) mass is 315 g/mol. The van der Waals surface area contributed by atoms with E-state index in [-0.39, 0.29) is 17.9 Å².